The second kappa shape index (κ2) is 8.73. The van der Waals surface area contributed by atoms with Crippen LogP contribution in [0.15, 0.2) is 12.1 Å². The third-order valence-electron chi connectivity index (χ3n) is 5.70. The van der Waals surface area contributed by atoms with Crippen molar-refractivity contribution in [3.63, 3.8) is 0 Å². The van der Waals surface area contributed by atoms with Gasteiger partial charge in [0.05, 0.1) is 35.4 Å². The molecule has 0 aliphatic carbocycles. The van der Waals surface area contributed by atoms with Gasteiger partial charge < -0.3 is 14.6 Å². The maximum absolute atomic E-state index is 12.9. The number of sulfone groups is 1. The quantitative estimate of drug-likeness (QED) is 0.658. The fourth-order valence-corrected chi connectivity index (χ4v) is 5.58. The van der Waals surface area contributed by atoms with E-state index in [0.717, 1.165) is 11.4 Å². The summed E-state index contributed by atoms with van der Waals surface area (Å²) >= 11 is 0. The smallest absolute Gasteiger partial charge is 0.339 e. The Labute approximate surface area is 189 Å². The zero-order valence-electron chi connectivity index (χ0n) is 19.6. The molecule has 2 aromatic heterocycles. The van der Waals surface area contributed by atoms with Crippen LogP contribution in [0.25, 0.3) is 0 Å². The second-order valence-electron chi connectivity index (χ2n) is 9.31. The zero-order valence-corrected chi connectivity index (χ0v) is 20.4. The number of rotatable bonds is 6. The fourth-order valence-electron chi connectivity index (χ4n) is 3.89. The Morgan fingerprint density at radius 3 is 2.50 bits per heavy atom. The molecule has 1 amide bonds. The third-order valence-corrected chi connectivity index (χ3v) is 7.45. The van der Waals surface area contributed by atoms with Crippen LogP contribution in [0.2, 0.25) is 0 Å². The Balaban J connectivity index is 1.85. The van der Waals surface area contributed by atoms with Gasteiger partial charge in [0.2, 0.25) is 5.91 Å². The molecule has 1 aliphatic heterocycles. The minimum Gasteiger partial charge on any atom is -0.462 e. The molecule has 1 unspecified atom stereocenters. The van der Waals surface area contributed by atoms with Gasteiger partial charge in [-0.1, -0.05) is 20.8 Å². The summed E-state index contributed by atoms with van der Waals surface area (Å²) in [6, 6.07) is 3.21. The number of aryl methyl sites for hydroxylation is 1. The summed E-state index contributed by atoms with van der Waals surface area (Å²) in [5, 5.41) is 7.55. The Kier molecular flexibility index (Phi) is 6.55. The van der Waals surface area contributed by atoms with E-state index >= 15 is 0 Å². The monoisotopic (exact) mass is 464 g/mol. The summed E-state index contributed by atoms with van der Waals surface area (Å²) in [5.41, 5.74) is 2.38. The number of esters is 1. The molecule has 0 aromatic carbocycles. The number of ether oxygens (including phenoxy) is 1. The van der Waals surface area contributed by atoms with Gasteiger partial charge in [0.1, 0.15) is 12.4 Å². The van der Waals surface area contributed by atoms with Gasteiger partial charge in [0.15, 0.2) is 9.84 Å². The minimum atomic E-state index is -3.11. The summed E-state index contributed by atoms with van der Waals surface area (Å²) in [4.78, 5) is 25.1. The number of carbonyl (C=O) groups excluding carboxylic acids is 2. The maximum Gasteiger partial charge on any atom is 0.339 e. The van der Waals surface area contributed by atoms with Crippen molar-refractivity contribution in [3.8, 4) is 0 Å². The van der Waals surface area contributed by atoms with Crippen LogP contribution in [0.3, 0.4) is 0 Å². The first-order valence-corrected chi connectivity index (χ1v) is 12.6. The first-order chi connectivity index (χ1) is 14.8. The van der Waals surface area contributed by atoms with Gasteiger partial charge in [0.25, 0.3) is 0 Å². The van der Waals surface area contributed by atoms with Crippen molar-refractivity contribution < 1.29 is 22.7 Å². The summed E-state index contributed by atoms with van der Waals surface area (Å²) in [6.45, 7) is 11.7. The van der Waals surface area contributed by atoms with Gasteiger partial charge in [-0.2, -0.15) is 5.10 Å². The average molecular weight is 465 g/mol. The van der Waals surface area contributed by atoms with Gasteiger partial charge in [-0.05, 0) is 33.3 Å². The van der Waals surface area contributed by atoms with Crippen LogP contribution in [0.1, 0.15) is 67.6 Å². The molecule has 0 spiro atoms. The molecule has 1 aliphatic rings. The molecular formula is C22H32N4O5S. The van der Waals surface area contributed by atoms with E-state index in [1.54, 1.807) is 29.2 Å². The summed E-state index contributed by atoms with van der Waals surface area (Å²) in [6.07, 6.45) is 0.467. The second-order valence-corrected chi connectivity index (χ2v) is 11.5. The highest BCUT2D eigenvalue weighted by Crippen LogP contribution is 2.31. The molecule has 0 radical (unpaired) electrons. The number of amides is 1. The average Bonchev–Trinajstić information content (AvgIpc) is 3.33. The van der Waals surface area contributed by atoms with Gasteiger partial charge in [0, 0.05) is 22.9 Å². The van der Waals surface area contributed by atoms with Crippen molar-refractivity contribution in [2.75, 3.05) is 23.4 Å². The lowest BCUT2D eigenvalue weighted by Crippen LogP contribution is -2.24. The molecule has 1 atom stereocenters. The topological polar surface area (TPSA) is 112 Å². The molecule has 3 rings (SSSR count). The normalized spacial score (nSPS) is 18.0. The van der Waals surface area contributed by atoms with Crippen molar-refractivity contribution in [1.82, 2.24) is 14.3 Å². The predicted molar refractivity (Wildman–Crippen MR) is 122 cm³/mol. The van der Waals surface area contributed by atoms with E-state index in [1.165, 1.54) is 0 Å². The third kappa shape index (κ3) is 5.06. The lowest BCUT2D eigenvalue weighted by atomic mass is 9.92. The highest BCUT2D eigenvalue weighted by Gasteiger charge is 2.33. The van der Waals surface area contributed by atoms with E-state index < -0.39 is 15.8 Å². The minimum absolute atomic E-state index is 0.00999. The maximum atomic E-state index is 12.9. The number of aromatic nitrogens is 3. The number of carbonyl (C=O) groups is 2. The van der Waals surface area contributed by atoms with Crippen molar-refractivity contribution in [2.45, 2.75) is 66.0 Å². The summed E-state index contributed by atoms with van der Waals surface area (Å²) < 4.78 is 32.5. The lowest BCUT2D eigenvalue weighted by Gasteiger charge is -2.16. The summed E-state index contributed by atoms with van der Waals surface area (Å²) in [5.74, 6) is -0.0871. The molecular weight excluding hydrogens is 432 g/mol. The van der Waals surface area contributed by atoms with E-state index in [-0.39, 0.29) is 42.0 Å². The highest BCUT2D eigenvalue weighted by molar-refractivity contribution is 7.91. The number of nitrogens with zero attached hydrogens (tertiary/aromatic N) is 3. The molecule has 32 heavy (non-hydrogen) atoms. The van der Waals surface area contributed by atoms with E-state index in [2.05, 4.69) is 10.4 Å². The summed E-state index contributed by atoms with van der Waals surface area (Å²) in [7, 11) is -3.11. The standard InChI is InChI=1S/C22H32N4O5S/c1-7-31-21(28)17-10-14(2)25(15(17)3)12-20(27)23-19-11-18(22(4,5)6)24-26(19)16-8-9-32(29,30)13-16/h10-11,16H,7-9,12-13H2,1-6H3,(H,23,27). The molecule has 0 bridgehead atoms. The van der Waals surface area contributed by atoms with Crippen molar-refractivity contribution in [1.29, 1.82) is 0 Å². The number of anilines is 1. The Morgan fingerprint density at radius 1 is 1.25 bits per heavy atom. The van der Waals surface area contributed by atoms with Crippen LogP contribution in [0.5, 0.6) is 0 Å². The molecule has 1 saturated heterocycles. The van der Waals surface area contributed by atoms with E-state index in [4.69, 9.17) is 4.74 Å². The fraction of sp³-hybridized carbons (Fsp3) is 0.591. The number of nitrogens with one attached hydrogen (secondary N) is 1. The van der Waals surface area contributed by atoms with Crippen LogP contribution in [-0.2, 0) is 31.3 Å². The van der Waals surface area contributed by atoms with Crippen molar-refractivity contribution in [3.05, 3.63) is 34.8 Å². The first-order valence-electron chi connectivity index (χ1n) is 10.8. The molecule has 1 fully saturated rings. The number of hydrogen-bond acceptors (Lipinski definition) is 6. The van der Waals surface area contributed by atoms with Crippen molar-refractivity contribution in [2.24, 2.45) is 0 Å². The Hall–Kier alpha value is -2.62. The van der Waals surface area contributed by atoms with Crippen LogP contribution in [0.4, 0.5) is 5.82 Å². The SMILES string of the molecule is CCOC(=O)c1cc(C)n(CC(=O)Nc2cc(C(C)(C)C)nn2C2CCS(=O)(=O)C2)c1C. The predicted octanol–water partition coefficient (Wildman–Crippen LogP) is 2.77. The zero-order chi connectivity index (χ0) is 23.8. The van der Waals surface area contributed by atoms with Crippen LogP contribution in [0, 0.1) is 13.8 Å². The van der Waals surface area contributed by atoms with Crippen LogP contribution in [-0.4, -0.2) is 52.8 Å². The van der Waals surface area contributed by atoms with E-state index in [9.17, 15) is 18.0 Å². The molecule has 2 aromatic rings. The van der Waals surface area contributed by atoms with Crippen LogP contribution >= 0.6 is 0 Å². The molecule has 9 nitrogen and oxygen atoms in total. The first kappa shape index (κ1) is 24.0. The highest BCUT2D eigenvalue weighted by atomic mass is 32.2. The van der Waals surface area contributed by atoms with Gasteiger partial charge in [-0.25, -0.2) is 17.9 Å². The Morgan fingerprint density at radius 2 is 1.94 bits per heavy atom. The molecule has 0 saturated carbocycles. The van der Waals surface area contributed by atoms with Gasteiger partial charge >= 0.3 is 5.97 Å². The van der Waals surface area contributed by atoms with E-state index in [1.807, 2.05) is 33.8 Å². The molecule has 176 valence electrons. The Bertz CT molecular complexity index is 1140. The number of hydrogen-bond donors (Lipinski definition) is 1. The van der Waals surface area contributed by atoms with E-state index in [0.29, 0.717) is 23.5 Å². The molecule has 1 N–H and O–H groups in total. The van der Waals surface area contributed by atoms with Gasteiger partial charge in [-0.3, -0.25) is 4.79 Å². The van der Waals surface area contributed by atoms with Crippen LogP contribution < -0.4 is 5.32 Å². The van der Waals surface area contributed by atoms with Crippen molar-refractivity contribution >= 4 is 27.5 Å². The molecule has 3 heterocycles. The van der Waals surface area contributed by atoms with Gasteiger partial charge in [-0.15, -0.1) is 0 Å². The lowest BCUT2D eigenvalue weighted by molar-refractivity contribution is -0.116. The molecule has 10 heteroatoms. The largest absolute Gasteiger partial charge is 0.462 e.